The average molecular weight is 207 g/mol. The quantitative estimate of drug-likeness (QED) is 0.752. The number of nitrogens with two attached hydrogens (primary N) is 1. The molecule has 4 heteroatoms. The van der Waals surface area contributed by atoms with E-state index in [9.17, 15) is 4.79 Å². The van der Waals surface area contributed by atoms with Crippen LogP contribution in [-0.2, 0) is 6.54 Å². The molecule has 1 fully saturated rings. The summed E-state index contributed by atoms with van der Waals surface area (Å²) in [5.74, 6) is 0. The van der Waals surface area contributed by atoms with E-state index < -0.39 is 0 Å². The molecule has 1 aromatic rings. The maximum atomic E-state index is 11.4. The number of hydrogen-bond donors (Lipinski definition) is 1. The van der Waals surface area contributed by atoms with Gasteiger partial charge in [-0.15, -0.1) is 0 Å². The van der Waals surface area contributed by atoms with Gasteiger partial charge >= 0.3 is 0 Å². The molecular formula is C11H17N3O. The Balaban J connectivity index is 1.88. The molecule has 15 heavy (non-hydrogen) atoms. The van der Waals surface area contributed by atoms with Crippen LogP contribution in [0.1, 0.15) is 6.42 Å². The van der Waals surface area contributed by atoms with E-state index >= 15 is 0 Å². The summed E-state index contributed by atoms with van der Waals surface area (Å²) in [6.45, 7) is 3.69. The maximum absolute atomic E-state index is 11.4. The second kappa shape index (κ2) is 4.59. The molecule has 1 aromatic heterocycles. The lowest BCUT2D eigenvalue weighted by Crippen LogP contribution is -2.31. The summed E-state index contributed by atoms with van der Waals surface area (Å²) in [7, 11) is 0. The van der Waals surface area contributed by atoms with Crippen molar-refractivity contribution in [3.63, 3.8) is 0 Å². The maximum Gasteiger partial charge on any atom is 0.250 e. The predicted molar refractivity (Wildman–Crippen MR) is 59.7 cm³/mol. The first kappa shape index (κ1) is 10.4. The minimum atomic E-state index is 0.0704. The molecule has 2 rings (SSSR count). The van der Waals surface area contributed by atoms with Crippen LogP contribution in [-0.4, -0.2) is 35.1 Å². The molecule has 1 aliphatic heterocycles. The number of likely N-dealkylation sites (tertiary alicyclic amines) is 1. The van der Waals surface area contributed by atoms with Crippen molar-refractivity contribution in [1.29, 1.82) is 0 Å². The van der Waals surface area contributed by atoms with E-state index in [4.69, 9.17) is 5.73 Å². The number of rotatable bonds is 3. The lowest BCUT2D eigenvalue weighted by Gasteiger charge is -2.15. The molecule has 82 valence electrons. The van der Waals surface area contributed by atoms with Gasteiger partial charge in [0.2, 0.25) is 0 Å². The van der Waals surface area contributed by atoms with Crippen molar-refractivity contribution in [3.05, 3.63) is 34.7 Å². The van der Waals surface area contributed by atoms with Gasteiger partial charge in [0.25, 0.3) is 5.56 Å². The third kappa shape index (κ3) is 2.67. The zero-order valence-electron chi connectivity index (χ0n) is 8.80. The van der Waals surface area contributed by atoms with E-state index in [2.05, 4.69) is 4.90 Å². The van der Waals surface area contributed by atoms with Gasteiger partial charge in [-0.2, -0.15) is 0 Å². The lowest BCUT2D eigenvalue weighted by atomic mass is 10.3. The number of aromatic nitrogens is 1. The first-order valence-electron chi connectivity index (χ1n) is 5.39. The summed E-state index contributed by atoms with van der Waals surface area (Å²) < 4.78 is 1.74. The van der Waals surface area contributed by atoms with Crippen molar-refractivity contribution >= 4 is 0 Å². The van der Waals surface area contributed by atoms with Crippen LogP contribution in [0.4, 0.5) is 0 Å². The van der Waals surface area contributed by atoms with E-state index in [1.807, 2.05) is 12.3 Å². The van der Waals surface area contributed by atoms with Gasteiger partial charge in [-0.05, 0) is 19.0 Å². The lowest BCUT2D eigenvalue weighted by molar-refractivity contribution is 0.317. The van der Waals surface area contributed by atoms with Crippen LogP contribution in [0.2, 0.25) is 0 Å². The molecule has 1 unspecified atom stereocenters. The highest BCUT2D eigenvalue weighted by Gasteiger charge is 2.18. The Bertz CT molecular complexity index is 374. The smallest absolute Gasteiger partial charge is 0.250 e. The van der Waals surface area contributed by atoms with Gasteiger partial charge in [0.05, 0.1) is 0 Å². The normalized spacial score (nSPS) is 22.1. The summed E-state index contributed by atoms with van der Waals surface area (Å²) in [5, 5.41) is 0. The van der Waals surface area contributed by atoms with Crippen LogP contribution in [0, 0.1) is 0 Å². The molecule has 0 radical (unpaired) electrons. The van der Waals surface area contributed by atoms with Crippen molar-refractivity contribution in [2.75, 3.05) is 19.6 Å². The zero-order valence-corrected chi connectivity index (χ0v) is 8.80. The van der Waals surface area contributed by atoms with Crippen molar-refractivity contribution in [2.24, 2.45) is 5.73 Å². The molecule has 4 nitrogen and oxygen atoms in total. The summed E-state index contributed by atoms with van der Waals surface area (Å²) in [5.41, 5.74) is 5.88. The Hall–Kier alpha value is -1.13. The van der Waals surface area contributed by atoms with Crippen molar-refractivity contribution in [1.82, 2.24) is 9.47 Å². The second-order valence-corrected chi connectivity index (χ2v) is 4.08. The van der Waals surface area contributed by atoms with Gasteiger partial charge in [0.1, 0.15) is 0 Å². The number of pyridine rings is 1. The molecule has 0 saturated carbocycles. The fraction of sp³-hybridized carbons (Fsp3) is 0.545. The molecule has 2 heterocycles. The molecule has 1 atom stereocenters. The molecule has 0 bridgehead atoms. The van der Waals surface area contributed by atoms with Crippen LogP contribution in [0.15, 0.2) is 29.2 Å². The topological polar surface area (TPSA) is 51.3 Å². The Morgan fingerprint density at radius 3 is 2.93 bits per heavy atom. The average Bonchev–Trinajstić information content (AvgIpc) is 2.63. The molecule has 2 N–H and O–H groups in total. The number of hydrogen-bond acceptors (Lipinski definition) is 3. The minimum Gasteiger partial charge on any atom is -0.326 e. The fourth-order valence-electron chi connectivity index (χ4n) is 1.96. The Labute approximate surface area is 89.3 Å². The SMILES string of the molecule is NC1CCN(CCn2ccccc2=O)C1. The second-order valence-electron chi connectivity index (χ2n) is 4.08. The first-order chi connectivity index (χ1) is 7.25. The van der Waals surface area contributed by atoms with E-state index in [1.54, 1.807) is 16.7 Å². The fourth-order valence-corrected chi connectivity index (χ4v) is 1.96. The van der Waals surface area contributed by atoms with Crippen LogP contribution in [0.25, 0.3) is 0 Å². The molecule has 0 aromatic carbocycles. The summed E-state index contributed by atoms with van der Waals surface area (Å²) in [6, 6.07) is 5.56. The zero-order chi connectivity index (χ0) is 10.7. The van der Waals surface area contributed by atoms with E-state index in [0.29, 0.717) is 6.04 Å². The van der Waals surface area contributed by atoms with Crippen molar-refractivity contribution < 1.29 is 0 Å². The van der Waals surface area contributed by atoms with Gasteiger partial charge < -0.3 is 10.3 Å². The monoisotopic (exact) mass is 207 g/mol. The van der Waals surface area contributed by atoms with Crippen molar-refractivity contribution in [3.8, 4) is 0 Å². The third-order valence-corrected chi connectivity index (χ3v) is 2.86. The van der Waals surface area contributed by atoms with Crippen LogP contribution >= 0.6 is 0 Å². The standard InChI is InChI=1S/C11H17N3O/c12-10-4-6-13(9-10)7-8-14-5-2-1-3-11(14)15/h1-3,5,10H,4,6-9,12H2. The largest absolute Gasteiger partial charge is 0.326 e. The molecular weight excluding hydrogens is 190 g/mol. The summed E-state index contributed by atoms with van der Waals surface area (Å²) >= 11 is 0. The third-order valence-electron chi connectivity index (χ3n) is 2.86. The molecule has 1 saturated heterocycles. The first-order valence-corrected chi connectivity index (χ1v) is 5.39. The van der Waals surface area contributed by atoms with Crippen molar-refractivity contribution in [2.45, 2.75) is 19.0 Å². The van der Waals surface area contributed by atoms with Crippen LogP contribution in [0.3, 0.4) is 0 Å². The Morgan fingerprint density at radius 1 is 1.40 bits per heavy atom. The summed E-state index contributed by atoms with van der Waals surface area (Å²) in [6.07, 6.45) is 2.90. The Kier molecular flexibility index (Phi) is 3.18. The number of nitrogens with zero attached hydrogens (tertiary/aromatic N) is 2. The summed E-state index contributed by atoms with van der Waals surface area (Å²) in [4.78, 5) is 13.7. The molecule has 1 aliphatic rings. The predicted octanol–water partition coefficient (Wildman–Crippen LogP) is -0.119. The van der Waals surface area contributed by atoms with Gasteiger partial charge in [-0.25, -0.2) is 0 Å². The van der Waals surface area contributed by atoms with Gasteiger partial charge in [-0.3, -0.25) is 9.69 Å². The van der Waals surface area contributed by atoms with Gasteiger partial charge in [0.15, 0.2) is 0 Å². The van der Waals surface area contributed by atoms with E-state index in [1.165, 1.54) is 0 Å². The highest BCUT2D eigenvalue weighted by atomic mass is 16.1. The van der Waals surface area contributed by atoms with Crippen LogP contribution in [0.5, 0.6) is 0 Å². The van der Waals surface area contributed by atoms with E-state index in [-0.39, 0.29) is 5.56 Å². The minimum absolute atomic E-state index is 0.0704. The van der Waals surface area contributed by atoms with Crippen LogP contribution < -0.4 is 11.3 Å². The Morgan fingerprint density at radius 2 is 2.27 bits per heavy atom. The molecule has 0 aliphatic carbocycles. The van der Waals surface area contributed by atoms with E-state index in [0.717, 1.165) is 32.6 Å². The molecule has 0 spiro atoms. The highest BCUT2D eigenvalue weighted by Crippen LogP contribution is 2.05. The van der Waals surface area contributed by atoms with Gasteiger partial charge in [0, 0.05) is 37.9 Å². The highest BCUT2D eigenvalue weighted by molar-refractivity contribution is 4.93. The van der Waals surface area contributed by atoms with Gasteiger partial charge in [-0.1, -0.05) is 6.07 Å². The molecule has 0 amide bonds.